The second-order valence-corrected chi connectivity index (χ2v) is 8.45. The van der Waals surface area contributed by atoms with E-state index in [1.54, 1.807) is 30.3 Å². The molecule has 2 aromatic carbocycles. The van der Waals surface area contributed by atoms with Crippen molar-refractivity contribution in [1.82, 2.24) is 8.87 Å². The number of hydrogen-bond donors (Lipinski definition) is 0. The first-order chi connectivity index (χ1) is 12.5. The quantitative estimate of drug-likeness (QED) is 0.676. The van der Waals surface area contributed by atoms with Crippen molar-refractivity contribution >= 4 is 21.6 Å². The molecule has 4 nitrogen and oxygen atoms in total. The second-order valence-electron chi connectivity index (χ2n) is 6.12. The summed E-state index contributed by atoms with van der Waals surface area (Å²) in [7, 11) is -3.85. The summed E-state index contributed by atoms with van der Waals surface area (Å²) in [5, 5.41) is 0.342. The molecule has 1 aromatic heterocycles. The smallest absolute Gasteiger partial charge is 0.244 e. The van der Waals surface area contributed by atoms with E-state index in [0.29, 0.717) is 17.1 Å². The number of sulfonamides is 1. The summed E-state index contributed by atoms with van der Waals surface area (Å²) in [5.74, 6) is -0.432. The molecule has 0 unspecified atom stereocenters. The zero-order chi connectivity index (χ0) is 18.3. The number of nitrogens with zero attached hydrogens (tertiary/aromatic N) is 2. The van der Waals surface area contributed by atoms with Gasteiger partial charge in [0.1, 0.15) is 5.82 Å². The third kappa shape index (κ3) is 2.84. The van der Waals surface area contributed by atoms with Crippen LogP contribution in [0.5, 0.6) is 0 Å². The van der Waals surface area contributed by atoms with E-state index in [4.69, 9.17) is 11.6 Å². The fourth-order valence-corrected chi connectivity index (χ4v) is 5.27. The normalized spacial score (nSPS) is 17.8. The first kappa shape index (κ1) is 17.3. The highest BCUT2D eigenvalue weighted by atomic mass is 35.5. The van der Waals surface area contributed by atoms with Gasteiger partial charge in [-0.3, -0.25) is 0 Å². The predicted octanol–water partition coefficient (Wildman–Crippen LogP) is 4.07. The molecule has 0 saturated heterocycles. The molecule has 1 aliphatic heterocycles. The summed E-state index contributed by atoms with van der Waals surface area (Å²) in [6, 6.07) is 15.4. The molecule has 2 heterocycles. The molecule has 1 atom stereocenters. The molecule has 3 aromatic rings. The van der Waals surface area contributed by atoms with Gasteiger partial charge < -0.3 is 4.57 Å². The lowest BCUT2D eigenvalue weighted by molar-refractivity contribution is 0.293. The minimum Gasteiger partial charge on any atom is -0.348 e. The number of halogens is 2. The third-order valence-corrected chi connectivity index (χ3v) is 6.69. The van der Waals surface area contributed by atoms with Gasteiger partial charge in [-0.25, -0.2) is 12.8 Å². The summed E-state index contributed by atoms with van der Waals surface area (Å²) in [6.45, 7) is 0.753. The summed E-state index contributed by atoms with van der Waals surface area (Å²) >= 11 is 5.98. The second kappa shape index (κ2) is 6.54. The summed E-state index contributed by atoms with van der Waals surface area (Å²) in [4.78, 5) is 0.103. The molecule has 0 radical (unpaired) electrons. The zero-order valence-corrected chi connectivity index (χ0v) is 15.3. The monoisotopic (exact) mass is 390 g/mol. The lowest BCUT2D eigenvalue weighted by atomic mass is 10.0. The van der Waals surface area contributed by atoms with E-state index >= 15 is 0 Å². The number of hydrogen-bond acceptors (Lipinski definition) is 2. The van der Waals surface area contributed by atoms with Crippen molar-refractivity contribution in [1.29, 1.82) is 0 Å². The Bertz CT molecular complexity index is 1060. The Labute approximate surface area is 156 Å². The van der Waals surface area contributed by atoms with E-state index in [2.05, 4.69) is 0 Å². The largest absolute Gasteiger partial charge is 0.348 e. The molecule has 0 N–H and O–H groups in total. The van der Waals surface area contributed by atoms with E-state index in [0.717, 1.165) is 5.69 Å². The average molecular weight is 391 g/mol. The van der Waals surface area contributed by atoms with Crippen LogP contribution in [0.1, 0.15) is 17.3 Å². The van der Waals surface area contributed by atoms with Gasteiger partial charge in [-0.2, -0.15) is 4.31 Å². The van der Waals surface area contributed by atoms with Gasteiger partial charge >= 0.3 is 0 Å². The highest BCUT2D eigenvalue weighted by Gasteiger charge is 2.38. The molecule has 0 spiro atoms. The summed E-state index contributed by atoms with van der Waals surface area (Å²) in [5.41, 5.74) is 1.07. The number of rotatable bonds is 3. The van der Waals surface area contributed by atoms with Gasteiger partial charge in [-0.15, -0.1) is 0 Å². The van der Waals surface area contributed by atoms with Crippen molar-refractivity contribution in [2.45, 2.75) is 17.5 Å². The Kier molecular flexibility index (Phi) is 4.34. The van der Waals surface area contributed by atoms with Crippen LogP contribution in [0.15, 0.2) is 71.8 Å². The molecular formula is C19H16ClFN2O2S. The first-order valence-corrected chi connectivity index (χ1v) is 9.97. The number of aromatic nitrogens is 1. The number of fused-ring (bicyclic) bond motifs is 1. The first-order valence-electron chi connectivity index (χ1n) is 8.15. The molecule has 7 heteroatoms. The molecule has 0 fully saturated rings. The van der Waals surface area contributed by atoms with E-state index < -0.39 is 21.9 Å². The van der Waals surface area contributed by atoms with Gasteiger partial charge in [-0.1, -0.05) is 35.9 Å². The molecule has 26 heavy (non-hydrogen) atoms. The summed E-state index contributed by atoms with van der Waals surface area (Å²) < 4.78 is 44.5. The third-order valence-electron chi connectivity index (χ3n) is 4.60. The lowest BCUT2D eigenvalue weighted by Crippen LogP contribution is -2.42. The fourth-order valence-electron chi connectivity index (χ4n) is 3.40. The van der Waals surface area contributed by atoms with Crippen LogP contribution in [0.3, 0.4) is 0 Å². The van der Waals surface area contributed by atoms with E-state index in [-0.39, 0.29) is 11.4 Å². The van der Waals surface area contributed by atoms with Crippen molar-refractivity contribution in [3.63, 3.8) is 0 Å². The maximum absolute atomic E-state index is 14.6. The molecule has 0 aliphatic carbocycles. The zero-order valence-electron chi connectivity index (χ0n) is 13.7. The van der Waals surface area contributed by atoms with Gasteiger partial charge in [0.25, 0.3) is 0 Å². The van der Waals surface area contributed by atoms with Crippen LogP contribution in [-0.2, 0) is 16.6 Å². The minimum absolute atomic E-state index is 0.103. The number of benzene rings is 2. The van der Waals surface area contributed by atoms with Gasteiger partial charge in [0.05, 0.1) is 10.9 Å². The minimum atomic E-state index is -3.85. The van der Waals surface area contributed by atoms with Crippen molar-refractivity contribution < 1.29 is 12.8 Å². The van der Waals surface area contributed by atoms with Gasteiger partial charge in [0.2, 0.25) is 10.0 Å². The van der Waals surface area contributed by atoms with Gasteiger partial charge in [0, 0.05) is 35.6 Å². The molecule has 1 aliphatic rings. The lowest BCUT2D eigenvalue weighted by Gasteiger charge is -2.36. The van der Waals surface area contributed by atoms with E-state index in [1.165, 1.54) is 22.5 Å². The molecular weight excluding hydrogens is 375 g/mol. The predicted molar refractivity (Wildman–Crippen MR) is 98.0 cm³/mol. The SMILES string of the molecule is O=S(=O)(c1cccc(Cl)c1)N1CCn2cccc2[C@H]1c1ccccc1F. The van der Waals surface area contributed by atoms with Gasteiger partial charge in [0.15, 0.2) is 0 Å². The summed E-state index contributed by atoms with van der Waals surface area (Å²) in [6.07, 6.45) is 1.88. The van der Waals surface area contributed by atoms with Crippen molar-refractivity contribution in [2.75, 3.05) is 6.54 Å². The van der Waals surface area contributed by atoms with Crippen LogP contribution in [0, 0.1) is 5.82 Å². The Balaban J connectivity index is 1.89. The Morgan fingerprint density at radius 1 is 1.00 bits per heavy atom. The van der Waals surface area contributed by atoms with Crippen LogP contribution >= 0.6 is 11.6 Å². The fraction of sp³-hybridized carbons (Fsp3) is 0.158. The Morgan fingerprint density at radius 2 is 1.81 bits per heavy atom. The molecule has 0 amide bonds. The highest BCUT2D eigenvalue weighted by Crippen LogP contribution is 2.37. The van der Waals surface area contributed by atoms with Crippen LogP contribution in [0.2, 0.25) is 5.02 Å². The Morgan fingerprint density at radius 3 is 2.58 bits per heavy atom. The molecule has 0 saturated carbocycles. The van der Waals surface area contributed by atoms with Crippen LogP contribution in [-0.4, -0.2) is 23.8 Å². The maximum Gasteiger partial charge on any atom is 0.244 e. The molecule has 4 rings (SSSR count). The van der Waals surface area contributed by atoms with Crippen LogP contribution in [0.4, 0.5) is 4.39 Å². The Hall–Kier alpha value is -2.15. The van der Waals surface area contributed by atoms with Crippen LogP contribution in [0.25, 0.3) is 0 Å². The van der Waals surface area contributed by atoms with Crippen molar-refractivity contribution in [3.05, 3.63) is 89.0 Å². The van der Waals surface area contributed by atoms with Crippen LogP contribution < -0.4 is 0 Å². The van der Waals surface area contributed by atoms with E-state index in [9.17, 15) is 12.8 Å². The van der Waals surface area contributed by atoms with Crippen molar-refractivity contribution in [2.24, 2.45) is 0 Å². The highest BCUT2D eigenvalue weighted by molar-refractivity contribution is 7.89. The standard InChI is InChI=1S/C19H16ClFN2O2S/c20-14-5-3-6-15(13-14)26(24,25)23-12-11-22-10-4-9-18(22)19(23)16-7-1-2-8-17(16)21/h1-10,13,19H,11-12H2/t19-/m1/s1. The topological polar surface area (TPSA) is 42.3 Å². The van der Waals surface area contributed by atoms with E-state index in [1.807, 2.05) is 22.9 Å². The van der Waals surface area contributed by atoms with Crippen molar-refractivity contribution in [3.8, 4) is 0 Å². The molecule has 134 valence electrons. The average Bonchev–Trinajstić information content (AvgIpc) is 3.10. The molecule has 0 bridgehead atoms. The maximum atomic E-state index is 14.6. The van der Waals surface area contributed by atoms with Gasteiger partial charge in [-0.05, 0) is 36.4 Å².